The van der Waals surface area contributed by atoms with E-state index in [4.69, 9.17) is 5.84 Å². The fourth-order valence-electron chi connectivity index (χ4n) is 2.73. The molecule has 1 aromatic heterocycles. The predicted molar refractivity (Wildman–Crippen MR) is 73.7 cm³/mol. The first kappa shape index (κ1) is 14.4. The van der Waals surface area contributed by atoms with Gasteiger partial charge in [-0.1, -0.05) is 0 Å². The van der Waals surface area contributed by atoms with Crippen LogP contribution in [0, 0.1) is 0 Å². The Balaban J connectivity index is 1.72. The van der Waals surface area contributed by atoms with Gasteiger partial charge in [0.05, 0.1) is 5.56 Å². The van der Waals surface area contributed by atoms with Crippen LogP contribution in [0.4, 0.5) is 24.8 Å². The summed E-state index contributed by atoms with van der Waals surface area (Å²) in [5, 5.41) is 3.09. The average Bonchev–Trinajstić information content (AvgIpc) is 3.18. The van der Waals surface area contributed by atoms with Crippen molar-refractivity contribution in [3.8, 4) is 0 Å². The van der Waals surface area contributed by atoms with E-state index in [0.717, 1.165) is 31.6 Å². The van der Waals surface area contributed by atoms with Crippen LogP contribution in [0.15, 0.2) is 12.1 Å². The number of rotatable bonds is 4. The van der Waals surface area contributed by atoms with E-state index in [9.17, 15) is 13.2 Å². The highest BCUT2D eigenvalue weighted by Crippen LogP contribution is 2.33. The molecule has 0 spiro atoms. The van der Waals surface area contributed by atoms with Gasteiger partial charge in [0, 0.05) is 25.2 Å². The third-order valence-corrected chi connectivity index (χ3v) is 3.94. The van der Waals surface area contributed by atoms with E-state index in [2.05, 4.69) is 20.6 Å². The molecule has 2 aliphatic rings. The molecule has 2 heterocycles. The molecule has 1 aliphatic carbocycles. The SMILES string of the molecule is NNc1cc(C(F)(F)F)cc(NC2CCN(C3CC3)C2)n1. The van der Waals surface area contributed by atoms with Crippen LogP contribution in [0.5, 0.6) is 0 Å². The van der Waals surface area contributed by atoms with Crippen molar-refractivity contribution in [2.75, 3.05) is 23.8 Å². The number of nitrogens with two attached hydrogens (primary N) is 1. The monoisotopic (exact) mass is 301 g/mol. The topological polar surface area (TPSA) is 66.2 Å². The molecular weight excluding hydrogens is 283 g/mol. The Labute approximate surface area is 120 Å². The summed E-state index contributed by atoms with van der Waals surface area (Å²) in [5.74, 6) is 5.41. The second-order valence-corrected chi connectivity index (χ2v) is 5.62. The first-order chi connectivity index (χ1) is 9.95. The van der Waals surface area contributed by atoms with Gasteiger partial charge in [0.25, 0.3) is 0 Å². The molecule has 1 aromatic rings. The molecule has 1 unspecified atom stereocenters. The summed E-state index contributed by atoms with van der Waals surface area (Å²) in [6.07, 6.45) is -1.04. The minimum atomic E-state index is -4.42. The number of nitrogens with one attached hydrogen (secondary N) is 2. The van der Waals surface area contributed by atoms with Crippen LogP contribution in [-0.4, -0.2) is 35.1 Å². The zero-order chi connectivity index (χ0) is 15.0. The van der Waals surface area contributed by atoms with Crippen molar-refractivity contribution in [3.05, 3.63) is 17.7 Å². The molecule has 5 nitrogen and oxygen atoms in total. The number of hydrazine groups is 1. The molecule has 1 saturated heterocycles. The van der Waals surface area contributed by atoms with E-state index >= 15 is 0 Å². The summed E-state index contributed by atoms with van der Waals surface area (Å²) in [6, 6.07) is 2.73. The lowest BCUT2D eigenvalue weighted by molar-refractivity contribution is -0.137. The minimum Gasteiger partial charge on any atom is -0.366 e. The van der Waals surface area contributed by atoms with Gasteiger partial charge in [-0.25, -0.2) is 10.8 Å². The van der Waals surface area contributed by atoms with Gasteiger partial charge in [-0.05, 0) is 31.4 Å². The van der Waals surface area contributed by atoms with Crippen molar-refractivity contribution in [1.82, 2.24) is 9.88 Å². The van der Waals surface area contributed by atoms with E-state index in [1.165, 1.54) is 12.8 Å². The molecule has 3 rings (SSSR count). The van der Waals surface area contributed by atoms with E-state index in [1.807, 2.05) is 0 Å². The second kappa shape index (κ2) is 5.34. The van der Waals surface area contributed by atoms with Crippen molar-refractivity contribution in [2.24, 2.45) is 5.84 Å². The van der Waals surface area contributed by atoms with Gasteiger partial charge in [0.15, 0.2) is 0 Å². The number of alkyl halides is 3. The number of aromatic nitrogens is 1. The Hall–Kier alpha value is -1.54. The number of nitrogen functional groups attached to an aromatic ring is 1. The van der Waals surface area contributed by atoms with Gasteiger partial charge in [-0.2, -0.15) is 13.2 Å². The fraction of sp³-hybridized carbons (Fsp3) is 0.615. The number of anilines is 2. The Morgan fingerprint density at radius 3 is 2.52 bits per heavy atom. The number of halogens is 3. The van der Waals surface area contributed by atoms with Crippen LogP contribution in [-0.2, 0) is 6.18 Å². The van der Waals surface area contributed by atoms with Gasteiger partial charge in [-0.3, -0.25) is 4.90 Å². The van der Waals surface area contributed by atoms with Gasteiger partial charge in [0.2, 0.25) is 0 Å². The maximum absolute atomic E-state index is 12.8. The molecule has 8 heteroatoms. The van der Waals surface area contributed by atoms with Crippen molar-refractivity contribution >= 4 is 11.6 Å². The molecule has 0 bridgehead atoms. The van der Waals surface area contributed by atoms with Gasteiger partial charge >= 0.3 is 6.18 Å². The smallest absolute Gasteiger partial charge is 0.366 e. The highest BCUT2D eigenvalue weighted by atomic mass is 19.4. The van der Waals surface area contributed by atoms with Gasteiger partial charge in [0.1, 0.15) is 11.6 Å². The van der Waals surface area contributed by atoms with Gasteiger partial charge in [-0.15, -0.1) is 0 Å². The molecule has 0 radical (unpaired) electrons. The molecule has 1 atom stereocenters. The van der Waals surface area contributed by atoms with Crippen LogP contribution in [0.3, 0.4) is 0 Å². The third kappa shape index (κ3) is 3.38. The number of hydrogen-bond donors (Lipinski definition) is 3. The standard InChI is InChI=1S/C13H18F3N5/c14-13(15,16)8-5-11(19-12(6-8)20-17)18-9-3-4-21(7-9)10-1-2-10/h5-6,9-10H,1-4,7,17H2,(H2,18,19,20). The Bertz CT molecular complexity index is 515. The first-order valence-corrected chi connectivity index (χ1v) is 7.02. The molecule has 0 amide bonds. The van der Waals surface area contributed by atoms with Crippen LogP contribution in [0.25, 0.3) is 0 Å². The van der Waals surface area contributed by atoms with Crippen LogP contribution < -0.4 is 16.6 Å². The lowest BCUT2D eigenvalue weighted by Gasteiger charge is -2.17. The lowest BCUT2D eigenvalue weighted by atomic mass is 10.2. The predicted octanol–water partition coefficient (Wildman–Crippen LogP) is 2.03. The molecule has 4 N–H and O–H groups in total. The Kier molecular flexibility index (Phi) is 3.66. The van der Waals surface area contributed by atoms with Crippen LogP contribution >= 0.6 is 0 Å². The lowest BCUT2D eigenvalue weighted by Crippen LogP contribution is -2.28. The van der Waals surface area contributed by atoms with Crippen LogP contribution in [0.2, 0.25) is 0 Å². The molecule has 116 valence electrons. The van der Waals surface area contributed by atoms with Crippen molar-refractivity contribution in [3.63, 3.8) is 0 Å². The number of likely N-dealkylation sites (tertiary alicyclic amines) is 1. The van der Waals surface area contributed by atoms with E-state index < -0.39 is 11.7 Å². The average molecular weight is 301 g/mol. The summed E-state index contributed by atoms with van der Waals surface area (Å²) < 4.78 is 38.5. The van der Waals surface area contributed by atoms with Crippen LogP contribution in [0.1, 0.15) is 24.8 Å². The second-order valence-electron chi connectivity index (χ2n) is 5.62. The normalized spacial score (nSPS) is 23.3. The Morgan fingerprint density at radius 1 is 1.19 bits per heavy atom. The number of nitrogens with zero attached hydrogens (tertiary/aromatic N) is 2. The zero-order valence-electron chi connectivity index (χ0n) is 11.5. The Morgan fingerprint density at radius 2 is 1.90 bits per heavy atom. The third-order valence-electron chi connectivity index (χ3n) is 3.94. The molecule has 1 saturated carbocycles. The van der Waals surface area contributed by atoms with Crippen molar-refractivity contribution < 1.29 is 13.2 Å². The number of hydrogen-bond acceptors (Lipinski definition) is 5. The first-order valence-electron chi connectivity index (χ1n) is 7.02. The molecule has 1 aliphatic heterocycles. The summed E-state index contributed by atoms with van der Waals surface area (Å²) >= 11 is 0. The molecule has 2 fully saturated rings. The number of pyridine rings is 1. The highest BCUT2D eigenvalue weighted by Gasteiger charge is 2.35. The maximum Gasteiger partial charge on any atom is 0.416 e. The molecular formula is C13H18F3N5. The molecule has 0 aromatic carbocycles. The van der Waals surface area contributed by atoms with Gasteiger partial charge < -0.3 is 10.7 Å². The fourth-order valence-corrected chi connectivity index (χ4v) is 2.73. The zero-order valence-corrected chi connectivity index (χ0v) is 11.5. The maximum atomic E-state index is 12.8. The van der Waals surface area contributed by atoms with E-state index in [1.54, 1.807) is 0 Å². The minimum absolute atomic E-state index is 0.00405. The quantitative estimate of drug-likeness (QED) is 0.586. The molecule has 21 heavy (non-hydrogen) atoms. The van der Waals surface area contributed by atoms with E-state index in [0.29, 0.717) is 6.04 Å². The summed E-state index contributed by atoms with van der Waals surface area (Å²) in [7, 11) is 0. The van der Waals surface area contributed by atoms with Crippen molar-refractivity contribution in [2.45, 2.75) is 37.5 Å². The summed E-state index contributed by atoms with van der Waals surface area (Å²) in [5.41, 5.74) is 1.42. The largest absolute Gasteiger partial charge is 0.416 e. The van der Waals surface area contributed by atoms with Crippen molar-refractivity contribution in [1.29, 1.82) is 0 Å². The summed E-state index contributed by atoms with van der Waals surface area (Å²) in [4.78, 5) is 6.43. The highest BCUT2D eigenvalue weighted by molar-refractivity contribution is 5.49. The van der Waals surface area contributed by atoms with E-state index in [-0.39, 0.29) is 17.7 Å². The summed E-state index contributed by atoms with van der Waals surface area (Å²) in [6.45, 7) is 1.84.